The molecule has 0 radical (unpaired) electrons. The normalized spacial score (nSPS) is 16.8. The Kier molecular flexibility index (Phi) is 5.84. The van der Waals surface area contributed by atoms with E-state index in [1.807, 2.05) is 50.2 Å². The van der Waals surface area contributed by atoms with Crippen LogP contribution < -0.4 is 4.72 Å². The number of hydrazone groups is 1. The molecule has 1 N–H and O–H groups in total. The molecule has 0 saturated carbocycles. The van der Waals surface area contributed by atoms with Gasteiger partial charge in [-0.05, 0) is 37.1 Å². The van der Waals surface area contributed by atoms with Crippen molar-refractivity contribution in [1.29, 1.82) is 0 Å². The number of benzene rings is 2. The zero-order valence-corrected chi connectivity index (χ0v) is 17.2. The number of rotatable bonds is 6. The molecule has 0 fully saturated rings. The van der Waals surface area contributed by atoms with Crippen molar-refractivity contribution < 1.29 is 13.2 Å². The van der Waals surface area contributed by atoms with Gasteiger partial charge in [0.15, 0.2) is 0 Å². The molecule has 2 aromatic rings. The molecule has 0 saturated heterocycles. The third kappa shape index (κ3) is 4.42. The van der Waals surface area contributed by atoms with E-state index in [9.17, 15) is 13.2 Å². The summed E-state index contributed by atoms with van der Waals surface area (Å²) in [6.07, 6.45) is 1.01. The number of nitrogens with zero attached hydrogens (tertiary/aromatic N) is 2. The van der Waals surface area contributed by atoms with Crippen molar-refractivity contribution in [3.63, 3.8) is 0 Å². The topological polar surface area (TPSA) is 78.8 Å². The van der Waals surface area contributed by atoms with Gasteiger partial charge in [-0.25, -0.2) is 13.4 Å². The molecule has 0 aromatic heterocycles. The number of carbonyl (C=O) groups is 1. The molecule has 1 aliphatic heterocycles. The molecular weight excluding hydrogens is 374 g/mol. The number of amides is 1. The van der Waals surface area contributed by atoms with Gasteiger partial charge in [-0.2, -0.15) is 5.10 Å². The Hall–Kier alpha value is -2.67. The first-order valence-corrected chi connectivity index (χ1v) is 11.0. The van der Waals surface area contributed by atoms with Crippen LogP contribution in [0.4, 0.5) is 5.69 Å². The first-order valence-electron chi connectivity index (χ1n) is 9.40. The monoisotopic (exact) mass is 399 g/mol. The predicted molar refractivity (Wildman–Crippen MR) is 112 cm³/mol. The number of hydrogen-bond donors (Lipinski definition) is 1. The van der Waals surface area contributed by atoms with E-state index in [-0.39, 0.29) is 17.7 Å². The summed E-state index contributed by atoms with van der Waals surface area (Å²) in [6, 6.07) is 15.1. The fraction of sp³-hybridized carbons (Fsp3) is 0.333. The van der Waals surface area contributed by atoms with E-state index >= 15 is 0 Å². The molecule has 6 nitrogen and oxygen atoms in total. The fourth-order valence-electron chi connectivity index (χ4n) is 3.11. The van der Waals surface area contributed by atoms with Gasteiger partial charge >= 0.3 is 0 Å². The van der Waals surface area contributed by atoms with E-state index in [0.29, 0.717) is 18.5 Å². The molecule has 1 atom stereocenters. The van der Waals surface area contributed by atoms with E-state index in [2.05, 4.69) is 9.82 Å². The van der Waals surface area contributed by atoms with Crippen LogP contribution >= 0.6 is 0 Å². The third-order valence-corrected chi connectivity index (χ3v) is 6.11. The second kappa shape index (κ2) is 8.14. The van der Waals surface area contributed by atoms with Crippen LogP contribution in [0.1, 0.15) is 49.4 Å². The van der Waals surface area contributed by atoms with Crippen LogP contribution in [0.5, 0.6) is 0 Å². The summed E-state index contributed by atoms with van der Waals surface area (Å²) < 4.78 is 25.9. The van der Waals surface area contributed by atoms with Crippen molar-refractivity contribution in [1.82, 2.24) is 5.01 Å². The molecule has 7 heteroatoms. The Morgan fingerprint density at radius 3 is 2.32 bits per heavy atom. The van der Waals surface area contributed by atoms with E-state index in [1.165, 1.54) is 5.56 Å². The lowest BCUT2D eigenvalue weighted by Gasteiger charge is -2.21. The average Bonchev–Trinajstić information content (AvgIpc) is 3.13. The van der Waals surface area contributed by atoms with Crippen molar-refractivity contribution >= 4 is 27.3 Å². The minimum absolute atomic E-state index is 0.0205. The highest BCUT2D eigenvalue weighted by Crippen LogP contribution is 2.33. The number of hydrogen-bond acceptors (Lipinski definition) is 4. The third-order valence-electron chi connectivity index (χ3n) is 4.80. The molecule has 28 heavy (non-hydrogen) atoms. The standard InChI is InChI=1S/C21H25N3O3S/c1-4-21(25)24-20(17-8-6-15(3)7-9-17)14-19(22-24)16-10-12-18(13-11-16)23-28(26,27)5-2/h6-13,20,23H,4-5,14H2,1-3H3/t20-/m0/s1. The Balaban J connectivity index is 1.85. The number of aryl methyl sites for hydroxylation is 1. The molecule has 148 valence electrons. The van der Waals surface area contributed by atoms with Crippen molar-refractivity contribution in [2.24, 2.45) is 5.10 Å². The lowest BCUT2D eigenvalue weighted by atomic mass is 9.97. The van der Waals surface area contributed by atoms with Gasteiger partial charge in [0.05, 0.1) is 17.5 Å². The summed E-state index contributed by atoms with van der Waals surface area (Å²) in [7, 11) is -3.31. The second-order valence-electron chi connectivity index (χ2n) is 6.85. The summed E-state index contributed by atoms with van der Waals surface area (Å²) in [4.78, 5) is 12.4. The maximum atomic E-state index is 12.4. The highest BCUT2D eigenvalue weighted by Gasteiger charge is 2.32. The quantitative estimate of drug-likeness (QED) is 0.801. The van der Waals surface area contributed by atoms with Gasteiger partial charge < -0.3 is 0 Å². The molecule has 0 unspecified atom stereocenters. The molecule has 0 aliphatic carbocycles. The Bertz CT molecular complexity index is 981. The van der Waals surface area contributed by atoms with Crippen molar-refractivity contribution in [3.05, 3.63) is 65.2 Å². The van der Waals surface area contributed by atoms with Gasteiger partial charge in [0.1, 0.15) is 0 Å². The van der Waals surface area contributed by atoms with Crippen LogP contribution in [0.25, 0.3) is 0 Å². The number of nitrogens with one attached hydrogen (secondary N) is 1. The van der Waals surface area contributed by atoms with Gasteiger partial charge in [-0.15, -0.1) is 0 Å². The number of carbonyl (C=O) groups excluding carboxylic acids is 1. The zero-order chi connectivity index (χ0) is 20.3. The molecule has 2 aromatic carbocycles. The molecule has 1 heterocycles. The summed E-state index contributed by atoms with van der Waals surface area (Å²) >= 11 is 0. The van der Waals surface area contributed by atoms with Crippen LogP contribution in [-0.2, 0) is 14.8 Å². The van der Waals surface area contributed by atoms with E-state index < -0.39 is 10.0 Å². The summed E-state index contributed by atoms with van der Waals surface area (Å²) in [5.74, 6) is 0.00114. The zero-order valence-electron chi connectivity index (χ0n) is 16.3. The van der Waals surface area contributed by atoms with Crippen molar-refractivity contribution in [2.75, 3.05) is 10.5 Å². The Morgan fingerprint density at radius 2 is 1.75 bits per heavy atom. The number of anilines is 1. The summed E-state index contributed by atoms with van der Waals surface area (Å²) in [5.41, 5.74) is 4.43. The Morgan fingerprint density at radius 1 is 1.11 bits per heavy atom. The highest BCUT2D eigenvalue weighted by molar-refractivity contribution is 7.92. The van der Waals surface area contributed by atoms with Gasteiger partial charge in [-0.1, -0.05) is 48.9 Å². The minimum atomic E-state index is -3.31. The SMILES string of the molecule is CCC(=O)N1N=C(c2ccc(NS(=O)(=O)CC)cc2)C[C@H]1c1ccc(C)cc1. The highest BCUT2D eigenvalue weighted by atomic mass is 32.2. The van der Waals surface area contributed by atoms with Gasteiger partial charge in [-0.3, -0.25) is 9.52 Å². The lowest BCUT2D eigenvalue weighted by Crippen LogP contribution is -2.26. The van der Waals surface area contributed by atoms with Gasteiger partial charge in [0.25, 0.3) is 0 Å². The molecule has 0 bridgehead atoms. The van der Waals surface area contributed by atoms with E-state index in [1.54, 1.807) is 24.1 Å². The largest absolute Gasteiger partial charge is 0.284 e. The maximum Gasteiger partial charge on any atom is 0.242 e. The molecule has 0 spiro atoms. The Labute approximate surface area is 166 Å². The molecular formula is C21H25N3O3S. The smallest absolute Gasteiger partial charge is 0.242 e. The van der Waals surface area contributed by atoms with Crippen LogP contribution in [0.15, 0.2) is 53.6 Å². The van der Waals surface area contributed by atoms with Crippen LogP contribution in [-0.4, -0.2) is 30.8 Å². The maximum absolute atomic E-state index is 12.4. The fourth-order valence-corrected chi connectivity index (χ4v) is 3.75. The van der Waals surface area contributed by atoms with Crippen LogP contribution in [0, 0.1) is 6.92 Å². The van der Waals surface area contributed by atoms with Gasteiger partial charge in [0.2, 0.25) is 15.9 Å². The molecule has 1 aliphatic rings. The van der Waals surface area contributed by atoms with Crippen LogP contribution in [0.3, 0.4) is 0 Å². The second-order valence-corrected chi connectivity index (χ2v) is 8.86. The van der Waals surface area contributed by atoms with Crippen molar-refractivity contribution in [3.8, 4) is 0 Å². The lowest BCUT2D eigenvalue weighted by molar-refractivity contribution is -0.132. The average molecular weight is 400 g/mol. The number of sulfonamides is 1. The van der Waals surface area contributed by atoms with E-state index in [0.717, 1.165) is 16.8 Å². The van der Waals surface area contributed by atoms with Gasteiger partial charge in [0, 0.05) is 18.5 Å². The first-order chi connectivity index (χ1) is 13.3. The first kappa shape index (κ1) is 20.1. The van der Waals surface area contributed by atoms with Crippen molar-refractivity contribution in [2.45, 2.75) is 39.7 Å². The predicted octanol–water partition coefficient (Wildman–Crippen LogP) is 3.84. The summed E-state index contributed by atoms with van der Waals surface area (Å²) in [5, 5.41) is 6.17. The van der Waals surface area contributed by atoms with Crippen LogP contribution in [0.2, 0.25) is 0 Å². The van der Waals surface area contributed by atoms with E-state index in [4.69, 9.17) is 0 Å². The minimum Gasteiger partial charge on any atom is -0.284 e. The summed E-state index contributed by atoms with van der Waals surface area (Å²) in [6.45, 7) is 5.45. The molecule has 3 rings (SSSR count). The molecule has 1 amide bonds.